The highest BCUT2D eigenvalue weighted by molar-refractivity contribution is 5.23. The maximum atomic E-state index is 5.84. The Kier molecular flexibility index (Phi) is 2.81. The van der Waals surface area contributed by atoms with Gasteiger partial charge in [-0.25, -0.2) is 0 Å². The molecule has 2 rings (SSSR count). The van der Waals surface area contributed by atoms with Gasteiger partial charge in [0.15, 0.2) is 6.29 Å². The van der Waals surface area contributed by atoms with Crippen LogP contribution >= 0.6 is 0 Å². The van der Waals surface area contributed by atoms with E-state index in [1.165, 1.54) is 5.56 Å². The second-order valence-electron chi connectivity index (χ2n) is 4.59. The van der Waals surface area contributed by atoms with Gasteiger partial charge in [0.25, 0.3) is 0 Å². The summed E-state index contributed by atoms with van der Waals surface area (Å²) < 4.78 is 11.1. The highest BCUT2D eigenvalue weighted by Gasteiger charge is 2.42. The van der Waals surface area contributed by atoms with Crippen molar-refractivity contribution in [3.05, 3.63) is 35.9 Å². The van der Waals surface area contributed by atoms with E-state index in [4.69, 9.17) is 9.47 Å². The maximum Gasteiger partial charge on any atom is 0.158 e. The average molecular weight is 206 g/mol. The fraction of sp³-hybridized carbons (Fsp3) is 0.538. The van der Waals surface area contributed by atoms with Gasteiger partial charge in [0.1, 0.15) is 0 Å². The van der Waals surface area contributed by atoms with Crippen LogP contribution in [0.1, 0.15) is 31.7 Å². The van der Waals surface area contributed by atoms with Crippen LogP contribution < -0.4 is 0 Å². The summed E-state index contributed by atoms with van der Waals surface area (Å²) in [7, 11) is 1.70. The van der Waals surface area contributed by atoms with Crippen molar-refractivity contribution in [2.75, 3.05) is 7.11 Å². The molecule has 0 spiro atoms. The Morgan fingerprint density at radius 2 is 1.93 bits per heavy atom. The van der Waals surface area contributed by atoms with E-state index < -0.39 is 0 Å². The SMILES string of the molecule is COC1C[C@H](c2ccccc2)C(C)(C)O1. The van der Waals surface area contributed by atoms with Crippen molar-refractivity contribution < 1.29 is 9.47 Å². The third-order valence-corrected chi connectivity index (χ3v) is 3.17. The topological polar surface area (TPSA) is 18.5 Å². The zero-order valence-electron chi connectivity index (χ0n) is 9.57. The molecule has 2 heteroatoms. The third-order valence-electron chi connectivity index (χ3n) is 3.17. The number of ether oxygens (including phenoxy) is 2. The Morgan fingerprint density at radius 1 is 1.27 bits per heavy atom. The van der Waals surface area contributed by atoms with Gasteiger partial charge in [-0.2, -0.15) is 0 Å². The molecule has 0 saturated carbocycles. The van der Waals surface area contributed by atoms with E-state index in [0.29, 0.717) is 5.92 Å². The molecule has 2 atom stereocenters. The van der Waals surface area contributed by atoms with Crippen LogP contribution in [0.5, 0.6) is 0 Å². The fourth-order valence-corrected chi connectivity index (χ4v) is 2.31. The minimum Gasteiger partial charge on any atom is -0.356 e. The first kappa shape index (κ1) is 10.7. The molecule has 82 valence electrons. The number of benzene rings is 1. The minimum atomic E-state index is -0.137. The van der Waals surface area contributed by atoms with E-state index in [-0.39, 0.29) is 11.9 Å². The van der Waals surface area contributed by atoms with Crippen molar-refractivity contribution in [1.82, 2.24) is 0 Å². The second-order valence-corrected chi connectivity index (χ2v) is 4.59. The van der Waals surface area contributed by atoms with Gasteiger partial charge in [0.05, 0.1) is 5.60 Å². The van der Waals surface area contributed by atoms with Crippen LogP contribution in [-0.4, -0.2) is 19.0 Å². The van der Waals surface area contributed by atoms with Gasteiger partial charge in [-0.1, -0.05) is 30.3 Å². The maximum absolute atomic E-state index is 5.84. The fourth-order valence-electron chi connectivity index (χ4n) is 2.31. The lowest BCUT2D eigenvalue weighted by Gasteiger charge is -2.25. The zero-order valence-corrected chi connectivity index (χ0v) is 9.57. The molecular weight excluding hydrogens is 188 g/mol. The minimum absolute atomic E-state index is 0.0646. The van der Waals surface area contributed by atoms with Crippen molar-refractivity contribution in [1.29, 1.82) is 0 Å². The first-order valence-electron chi connectivity index (χ1n) is 5.39. The summed E-state index contributed by atoms with van der Waals surface area (Å²) in [4.78, 5) is 0. The highest BCUT2D eigenvalue weighted by atomic mass is 16.7. The molecule has 1 heterocycles. The van der Waals surface area contributed by atoms with Gasteiger partial charge in [-0.15, -0.1) is 0 Å². The quantitative estimate of drug-likeness (QED) is 0.740. The van der Waals surface area contributed by atoms with Crippen LogP contribution in [-0.2, 0) is 9.47 Å². The van der Waals surface area contributed by atoms with E-state index in [1.54, 1.807) is 7.11 Å². The lowest BCUT2D eigenvalue weighted by molar-refractivity contribution is -0.143. The molecule has 1 fully saturated rings. The normalized spacial score (nSPS) is 29.3. The number of hydrogen-bond acceptors (Lipinski definition) is 2. The third kappa shape index (κ3) is 2.06. The van der Waals surface area contributed by atoms with E-state index in [2.05, 4.69) is 38.1 Å². The molecule has 0 bridgehead atoms. The molecule has 0 amide bonds. The molecule has 0 N–H and O–H groups in total. The second kappa shape index (κ2) is 3.95. The monoisotopic (exact) mass is 206 g/mol. The van der Waals surface area contributed by atoms with Gasteiger partial charge in [-0.3, -0.25) is 0 Å². The van der Waals surface area contributed by atoms with Crippen molar-refractivity contribution in [2.45, 2.75) is 38.1 Å². The molecule has 0 radical (unpaired) electrons. The summed E-state index contributed by atoms with van der Waals surface area (Å²) in [5.74, 6) is 0.420. The first-order chi connectivity index (χ1) is 7.13. The first-order valence-corrected chi connectivity index (χ1v) is 5.39. The molecule has 1 aliphatic heterocycles. The molecular formula is C13H18O2. The summed E-state index contributed by atoms with van der Waals surface area (Å²) in [6, 6.07) is 10.5. The van der Waals surface area contributed by atoms with Crippen LogP contribution in [0.25, 0.3) is 0 Å². The molecule has 1 aliphatic rings. The Balaban J connectivity index is 2.23. The van der Waals surface area contributed by atoms with Crippen molar-refractivity contribution in [3.8, 4) is 0 Å². The number of rotatable bonds is 2. The summed E-state index contributed by atoms with van der Waals surface area (Å²) in [5, 5.41) is 0. The number of methoxy groups -OCH3 is 1. The van der Waals surface area contributed by atoms with Crippen LogP contribution in [0.2, 0.25) is 0 Å². The van der Waals surface area contributed by atoms with Crippen LogP contribution in [0.15, 0.2) is 30.3 Å². The van der Waals surface area contributed by atoms with Crippen LogP contribution in [0.4, 0.5) is 0 Å². The summed E-state index contributed by atoms with van der Waals surface area (Å²) in [6.07, 6.45) is 0.873. The molecule has 2 nitrogen and oxygen atoms in total. The molecule has 1 aromatic rings. The smallest absolute Gasteiger partial charge is 0.158 e. The highest BCUT2D eigenvalue weighted by Crippen LogP contribution is 2.42. The predicted molar refractivity (Wildman–Crippen MR) is 59.8 cm³/mol. The molecule has 0 aromatic heterocycles. The summed E-state index contributed by atoms with van der Waals surface area (Å²) in [6.45, 7) is 4.26. The number of hydrogen-bond donors (Lipinski definition) is 0. The molecule has 1 unspecified atom stereocenters. The molecule has 1 saturated heterocycles. The lowest BCUT2D eigenvalue weighted by Crippen LogP contribution is -2.26. The van der Waals surface area contributed by atoms with E-state index in [0.717, 1.165) is 6.42 Å². The molecule has 0 aliphatic carbocycles. The summed E-state index contributed by atoms with van der Waals surface area (Å²) in [5.41, 5.74) is 1.20. The Labute approximate surface area is 91.2 Å². The van der Waals surface area contributed by atoms with E-state index in [1.807, 2.05) is 6.07 Å². The lowest BCUT2D eigenvalue weighted by atomic mass is 9.84. The van der Waals surface area contributed by atoms with Gasteiger partial charge in [-0.05, 0) is 19.4 Å². The Hall–Kier alpha value is -0.860. The molecule has 15 heavy (non-hydrogen) atoms. The zero-order chi connectivity index (χ0) is 10.9. The van der Waals surface area contributed by atoms with Crippen LogP contribution in [0, 0.1) is 0 Å². The van der Waals surface area contributed by atoms with Crippen molar-refractivity contribution >= 4 is 0 Å². The van der Waals surface area contributed by atoms with E-state index >= 15 is 0 Å². The van der Waals surface area contributed by atoms with E-state index in [9.17, 15) is 0 Å². The average Bonchev–Trinajstić information content (AvgIpc) is 2.55. The van der Waals surface area contributed by atoms with Gasteiger partial charge in [0.2, 0.25) is 0 Å². The van der Waals surface area contributed by atoms with Gasteiger partial charge in [0, 0.05) is 19.4 Å². The Bertz CT molecular complexity index is 319. The summed E-state index contributed by atoms with van der Waals surface area (Å²) >= 11 is 0. The predicted octanol–water partition coefficient (Wildman–Crippen LogP) is 2.94. The Morgan fingerprint density at radius 3 is 2.47 bits per heavy atom. The standard InChI is InChI=1S/C13H18O2/c1-13(2)11(9-12(14-3)15-13)10-7-5-4-6-8-10/h4-8,11-12H,9H2,1-3H3/t11-,12?/m1/s1. The largest absolute Gasteiger partial charge is 0.356 e. The molecule has 1 aromatic carbocycles. The van der Waals surface area contributed by atoms with Crippen LogP contribution in [0.3, 0.4) is 0 Å². The van der Waals surface area contributed by atoms with Gasteiger partial charge < -0.3 is 9.47 Å². The van der Waals surface area contributed by atoms with Gasteiger partial charge >= 0.3 is 0 Å². The van der Waals surface area contributed by atoms with Crippen molar-refractivity contribution in [2.24, 2.45) is 0 Å². The van der Waals surface area contributed by atoms with Crippen molar-refractivity contribution in [3.63, 3.8) is 0 Å².